The number of para-hydroxylation sites is 1. The van der Waals surface area contributed by atoms with E-state index in [0.717, 1.165) is 10.0 Å². The van der Waals surface area contributed by atoms with Crippen molar-refractivity contribution in [3.63, 3.8) is 0 Å². The lowest BCUT2D eigenvalue weighted by Gasteiger charge is -2.11. The SMILES string of the molecule is COc1cc(C=NNC(=O)c2ccccc2OCc2ccc(Cl)cc2)ccc1OC(=O)c1cccc(Br)c1. The molecule has 0 atom stereocenters. The molecule has 9 heteroatoms. The first-order chi connectivity index (χ1) is 18.4. The molecule has 4 aromatic carbocycles. The lowest BCUT2D eigenvalue weighted by Crippen LogP contribution is -2.18. The predicted molar refractivity (Wildman–Crippen MR) is 149 cm³/mol. The predicted octanol–water partition coefficient (Wildman–Crippen LogP) is 6.67. The molecule has 0 aliphatic carbocycles. The standard InChI is InChI=1S/C29H22BrClN2O5/c1-36-27-15-20(11-14-26(27)38-29(35)21-5-4-6-22(30)16-21)17-32-33-28(34)24-7-2-3-8-25(24)37-18-19-9-12-23(31)13-10-19/h2-17H,18H2,1H3,(H,33,34). The highest BCUT2D eigenvalue weighted by molar-refractivity contribution is 9.10. The second-order valence-electron chi connectivity index (χ2n) is 7.92. The number of nitrogens with zero attached hydrogens (tertiary/aromatic N) is 1. The van der Waals surface area contributed by atoms with Gasteiger partial charge in [-0.05, 0) is 71.8 Å². The zero-order chi connectivity index (χ0) is 26.9. The Hall–Kier alpha value is -4.14. The maximum atomic E-state index is 12.8. The summed E-state index contributed by atoms with van der Waals surface area (Å²) in [5.74, 6) is 0.0677. The molecule has 0 aromatic heterocycles. The molecule has 0 fully saturated rings. The third-order valence-electron chi connectivity index (χ3n) is 5.27. The maximum absolute atomic E-state index is 12.8. The zero-order valence-corrected chi connectivity index (χ0v) is 22.5. The molecule has 0 saturated heterocycles. The Labute approximate surface area is 233 Å². The van der Waals surface area contributed by atoms with Crippen LogP contribution in [0.4, 0.5) is 0 Å². The van der Waals surface area contributed by atoms with Gasteiger partial charge in [0.05, 0.1) is 24.5 Å². The number of halogens is 2. The van der Waals surface area contributed by atoms with E-state index < -0.39 is 11.9 Å². The molecule has 0 saturated carbocycles. The number of carbonyl (C=O) groups excluding carboxylic acids is 2. The van der Waals surface area contributed by atoms with E-state index in [1.165, 1.54) is 13.3 Å². The molecule has 0 aliphatic heterocycles. The van der Waals surface area contributed by atoms with Gasteiger partial charge in [-0.15, -0.1) is 0 Å². The van der Waals surface area contributed by atoms with Crippen LogP contribution in [0.1, 0.15) is 31.8 Å². The molecule has 7 nitrogen and oxygen atoms in total. The number of benzene rings is 4. The van der Waals surface area contributed by atoms with Gasteiger partial charge in [-0.2, -0.15) is 5.10 Å². The van der Waals surface area contributed by atoms with Crippen LogP contribution in [0.25, 0.3) is 0 Å². The largest absolute Gasteiger partial charge is 0.493 e. The van der Waals surface area contributed by atoms with E-state index >= 15 is 0 Å². The van der Waals surface area contributed by atoms with Gasteiger partial charge < -0.3 is 14.2 Å². The summed E-state index contributed by atoms with van der Waals surface area (Å²) < 4.78 is 17.5. The van der Waals surface area contributed by atoms with E-state index in [0.29, 0.717) is 33.2 Å². The van der Waals surface area contributed by atoms with Crippen molar-refractivity contribution >= 4 is 45.6 Å². The third kappa shape index (κ3) is 7.21. The molecule has 0 spiro atoms. The van der Waals surface area contributed by atoms with Crippen LogP contribution in [0.2, 0.25) is 5.02 Å². The van der Waals surface area contributed by atoms with Crippen LogP contribution in [0.3, 0.4) is 0 Å². The van der Waals surface area contributed by atoms with E-state index in [9.17, 15) is 9.59 Å². The van der Waals surface area contributed by atoms with E-state index in [-0.39, 0.29) is 12.4 Å². The second-order valence-corrected chi connectivity index (χ2v) is 9.27. The number of ether oxygens (including phenoxy) is 3. The fourth-order valence-corrected chi connectivity index (χ4v) is 3.90. The van der Waals surface area contributed by atoms with Crippen LogP contribution < -0.4 is 19.6 Å². The molecular formula is C29H22BrClN2O5. The van der Waals surface area contributed by atoms with Gasteiger partial charge in [0.15, 0.2) is 11.5 Å². The van der Waals surface area contributed by atoms with Gasteiger partial charge >= 0.3 is 5.97 Å². The highest BCUT2D eigenvalue weighted by Crippen LogP contribution is 2.29. The minimum Gasteiger partial charge on any atom is -0.493 e. The minimum absolute atomic E-state index is 0.255. The van der Waals surface area contributed by atoms with Crippen LogP contribution in [0.15, 0.2) is 101 Å². The average Bonchev–Trinajstić information content (AvgIpc) is 2.93. The average molecular weight is 594 g/mol. The third-order valence-corrected chi connectivity index (χ3v) is 6.01. The smallest absolute Gasteiger partial charge is 0.343 e. The van der Waals surface area contributed by atoms with Gasteiger partial charge in [-0.1, -0.05) is 57.9 Å². The van der Waals surface area contributed by atoms with Gasteiger partial charge in [0, 0.05) is 9.50 Å². The molecule has 1 N–H and O–H groups in total. The number of nitrogens with one attached hydrogen (secondary N) is 1. The summed E-state index contributed by atoms with van der Waals surface area (Å²) in [4.78, 5) is 25.2. The Morgan fingerprint density at radius 1 is 0.921 bits per heavy atom. The van der Waals surface area contributed by atoms with Crippen molar-refractivity contribution in [2.24, 2.45) is 5.10 Å². The monoisotopic (exact) mass is 592 g/mol. The number of carbonyl (C=O) groups is 2. The summed E-state index contributed by atoms with van der Waals surface area (Å²) in [5, 5.41) is 4.69. The lowest BCUT2D eigenvalue weighted by molar-refractivity contribution is 0.0729. The maximum Gasteiger partial charge on any atom is 0.343 e. The molecule has 192 valence electrons. The second kappa shape index (κ2) is 12.9. The van der Waals surface area contributed by atoms with Crippen molar-refractivity contribution in [2.45, 2.75) is 6.61 Å². The van der Waals surface area contributed by atoms with Crippen molar-refractivity contribution in [1.82, 2.24) is 5.43 Å². The molecule has 0 unspecified atom stereocenters. The van der Waals surface area contributed by atoms with Gasteiger partial charge in [0.1, 0.15) is 12.4 Å². The number of hydrazone groups is 1. The topological polar surface area (TPSA) is 86.2 Å². The molecule has 0 heterocycles. The van der Waals surface area contributed by atoms with E-state index in [1.54, 1.807) is 72.8 Å². The number of methoxy groups -OCH3 is 1. The van der Waals surface area contributed by atoms with Crippen molar-refractivity contribution in [1.29, 1.82) is 0 Å². The highest BCUT2D eigenvalue weighted by Gasteiger charge is 2.14. The van der Waals surface area contributed by atoms with Gasteiger partial charge in [0.25, 0.3) is 5.91 Å². The summed E-state index contributed by atoms with van der Waals surface area (Å²) in [6, 6.07) is 26.0. The summed E-state index contributed by atoms with van der Waals surface area (Å²) in [7, 11) is 1.47. The quantitative estimate of drug-likeness (QED) is 0.101. The molecule has 0 bridgehead atoms. The first-order valence-electron chi connectivity index (χ1n) is 11.4. The molecule has 0 aliphatic rings. The number of hydrogen-bond acceptors (Lipinski definition) is 6. The van der Waals surface area contributed by atoms with Gasteiger partial charge in [0.2, 0.25) is 0 Å². The Morgan fingerprint density at radius 2 is 1.71 bits per heavy atom. The van der Waals surface area contributed by atoms with Crippen LogP contribution in [0.5, 0.6) is 17.2 Å². The van der Waals surface area contributed by atoms with Crippen LogP contribution in [0, 0.1) is 0 Å². The first kappa shape index (κ1) is 26.9. The van der Waals surface area contributed by atoms with Crippen molar-refractivity contribution in [3.05, 3.63) is 123 Å². The molecule has 4 rings (SSSR count). The Kier molecular flexibility index (Phi) is 9.13. The summed E-state index contributed by atoms with van der Waals surface area (Å²) in [6.45, 7) is 0.281. The van der Waals surface area contributed by atoms with E-state index in [1.807, 2.05) is 18.2 Å². The first-order valence-corrected chi connectivity index (χ1v) is 12.6. The van der Waals surface area contributed by atoms with Crippen LogP contribution in [-0.4, -0.2) is 25.2 Å². The van der Waals surface area contributed by atoms with Gasteiger partial charge in [-0.3, -0.25) is 4.79 Å². The van der Waals surface area contributed by atoms with Gasteiger partial charge in [-0.25, -0.2) is 10.2 Å². The van der Waals surface area contributed by atoms with Crippen molar-refractivity contribution < 1.29 is 23.8 Å². The minimum atomic E-state index is -0.518. The van der Waals surface area contributed by atoms with Crippen molar-refractivity contribution in [3.8, 4) is 17.2 Å². The molecular weight excluding hydrogens is 572 g/mol. The molecule has 0 radical (unpaired) electrons. The van der Waals surface area contributed by atoms with E-state index in [2.05, 4.69) is 26.5 Å². The van der Waals surface area contributed by atoms with Crippen molar-refractivity contribution in [2.75, 3.05) is 7.11 Å². The Bertz CT molecular complexity index is 1470. The Balaban J connectivity index is 1.39. The van der Waals surface area contributed by atoms with Crippen LogP contribution >= 0.6 is 27.5 Å². The lowest BCUT2D eigenvalue weighted by atomic mass is 10.2. The van der Waals surface area contributed by atoms with E-state index in [4.69, 9.17) is 25.8 Å². The summed E-state index contributed by atoms with van der Waals surface area (Å²) >= 11 is 9.26. The Morgan fingerprint density at radius 3 is 2.47 bits per heavy atom. The molecule has 4 aromatic rings. The fourth-order valence-electron chi connectivity index (χ4n) is 3.37. The molecule has 38 heavy (non-hydrogen) atoms. The summed E-state index contributed by atoms with van der Waals surface area (Å²) in [6.07, 6.45) is 1.46. The summed E-state index contributed by atoms with van der Waals surface area (Å²) in [5.41, 5.74) is 4.78. The normalized spacial score (nSPS) is 10.7. The van der Waals surface area contributed by atoms with Crippen LogP contribution in [-0.2, 0) is 6.61 Å². The highest BCUT2D eigenvalue weighted by atomic mass is 79.9. The number of amides is 1. The number of esters is 1. The number of rotatable bonds is 9. The number of hydrogen-bond donors (Lipinski definition) is 1. The molecule has 1 amide bonds. The fraction of sp³-hybridized carbons (Fsp3) is 0.0690. The zero-order valence-electron chi connectivity index (χ0n) is 20.2.